The summed E-state index contributed by atoms with van der Waals surface area (Å²) in [5, 5.41) is 9.30. The number of H-pyrrole nitrogens is 1. The number of hydrogen-bond acceptors (Lipinski definition) is 3. The van der Waals surface area contributed by atoms with Crippen LogP contribution in [-0.4, -0.2) is 21.1 Å². The second-order valence-electron chi connectivity index (χ2n) is 3.01. The summed E-state index contributed by atoms with van der Waals surface area (Å²) in [6.45, 7) is 0.438. The predicted molar refractivity (Wildman–Crippen MR) is 54.0 cm³/mol. The number of carbonyl (C=O) groups excluding carboxylic acids is 1. The molecule has 0 fully saturated rings. The standard InChI is InChI=1S/C10H10N4O/c15-10(8-2-1-4-11-6-8)12-7-9-3-5-13-14-9/h1-6H,7H2,(H,12,15)(H,13,14). The zero-order valence-corrected chi connectivity index (χ0v) is 7.97. The Labute approximate surface area is 86.5 Å². The Kier molecular flexibility index (Phi) is 2.73. The molecule has 76 valence electrons. The molecule has 0 spiro atoms. The monoisotopic (exact) mass is 202 g/mol. The van der Waals surface area contributed by atoms with Crippen LogP contribution in [-0.2, 0) is 6.54 Å². The van der Waals surface area contributed by atoms with Crippen molar-refractivity contribution in [3.05, 3.63) is 48.0 Å². The summed E-state index contributed by atoms with van der Waals surface area (Å²) in [6, 6.07) is 5.25. The highest BCUT2D eigenvalue weighted by molar-refractivity contribution is 5.93. The van der Waals surface area contributed by atoms with Crippen LogP contribution in [0.2, 0.25) is 0 Å². The number of pyridine rings is 1. The lowest BCUT2D eigenvalue weighted by Crippen LogP contribution is -2.22. The summed E-state index contributed by atoms with van der Waals surface area (Å²) in [7, 11) is 0. The highest BCUT2D eigenvalue weighted by Crippen LogP contribution is 1.96. The first-order valence-corrected chi connectivity index (χ1v) is 4.53. The van der Waals surface area contributed by atoms with Gasteiger partial charge in [-0.15, -0.1) is 0 Å². The van der Waals surface area contributed by atoms with Gasteiger partial charge in [0.15, 0.2) is 0 Å². The largest absolute Gasteiger partial charge is 0.346 e. The van der Waals surface area contributed by atoms with E-state index in [9.17, 15) is 4.79 Å². The topological polar surface area (TPSA) is 70.7 Å². The maximum atomic E-state index is 11.6. The molecule has 5 heteroatoms. The Bertz CT molecular complexity index is 424. The lowest BCUT2D eigenvalue weighted by molar-refractivity contribution is 0.0950. The van der Waals surface area contributed by atoms with Crippen LogP contribution in [0.25, 0.3) is 0 Å². The van der Waals surface area contributed by atoms with Crippen molar-refractivity contribution >= 4 is 5.91 Å². The maximum absolute atomic E-state index is 11.6. The molecule has 2 rings (SSSR count). The molecular weight excluding hydrogens is 192 g/mol. The number of nitrogens with zero attached hydrogens (tertiary/aromatic N) is 2. The Morgan fingerprint density at radius 2 is 2.33 bits per heavy atom. The lowest BCUT2D eigenvalue weighted by atomic mass is 10.2. The van der Waals surface area contributed by atoms with Crippen molar-refractivity contribution < 1.29 is 4.79 Å². The van der Waals surface area contributed by atoms with Crippen LogP contribution in [0.1, 0.15) is 16.1 Å². The van der Waals surface area contributed by atoms with E-state index in [1.54, 1.807) is 24.5 Å². The fraction of sp³-hybridized carbons (Fsp3) is 0.100. The molecule has 0 saturated heterocycles. The molecule has 1 amide bonds. The van der Waals surface area contributed by atoms with E-state index in [0.717, 1.165) is 5.69 Å². The highest BCUT2D eigenvalue weighted by atomic mass is 16.1. The van der Waals surface area contributed by atoms with E-state index >= 15 is 0 Å². The van der Waals surface area contributed by atoms with Crippen LogP contribution in [0.15, 0.2) is 36.8 Å². The van der Waals surface area contributed by atoms with Crippen LogP contribution in [0.5, 0.6) is 0 Å². The molecule has 2 aromatic heterocycles. The quantitative estimate of drug-likeness (QED) is 0.771. The van der Waals surface area contributed by atoms with Gasteiger partial charge in [-0.25, -0.2) is 0 Å². The van der Waals surface area contributed by atoms with Crippen molar-refractivity contribution in [1.29, 1.82) is 0 Å². The average Bonchev–Trinajstić information content (AvgIpc) is 2.80. The number of rotatable bonds is 3. The molecule has 2 aromatic rings. The third kappa shape index (κ3) is 2.40. The van der Waals surface area contributed by atoms with Gasteiger partial charge >= 0.3 is 0 Å². The van der Waals surface area contributed by atoms with Gasteiger partial charge in [0.25, 0.3) is 5.91 Å². The summed E-state index contributed by atoms with van der Waals surface area (Å²) in [6.07, 6.45) is 4.81. The van der Waals surface area contributed by atoms with Gasteiger partial charge in [-0.2, -0.15) is 5.10 Å². The molecule has 0 atom stereocenters. The normalized spacial score (nSPS) is 9.87. The minimum atomic E-state index is -0.141. The second-order valence-corrected chi connectivity index (χ2v) is 3.01. The Balaban J connectivity index is 1.94. The van der Waals surface area contributed by atoms with Gasteiger partial charge in [0.2, 0.25) is 0 Å². The molecule has 2 N–H and O–H groups in total. The minimum Gasteiger partial charge on any atom is -0.346 e. The molecule has 0 radical (unpaired) electrons. The van der Waals surface area contributed by atoms with E-state index < -0.39 is 0 Å². The number of amides is 1. The van der Waals surface area contributed by atoms with E-state index in [2.05, 4.69) is 20.5 Å². The Morgan fingerprint density at radius 3 is 3.00 bits per heavy atom. The van der Waals surface area contributed by atoms with Gasteiger partial charge < -0.3 is 5.32 Å². The molecule has 2 heterocycles. The fourth-order valence-corrected chi connectivity index (χ4v) is 1.16. The highest BCUT2D eigenvalue weighted by Gasteiger charge is 2.04. The van der Waals surface area contributed by atoms with Crippen LogP contribution >= 0.6 is 0 Å². The van der Waals surface area contributed by atoms with E-state index in [1.807, 2.05) is 6.07 Å². The summed E-state index contributed by atoms with van der Waals surface area (Å²) in [5.41, 5.74) is 1.42. The maximum Gasteiger partial charge on any atom is 0.253 e. The van der Waals surface area contributed by atoms with Gasteiger partial charge in [-0.05, 0) is 18.2 Å². The third-order valence-corrected chi connectivity index (χ3v) is 1.92. The molecule has 0 aromatic carbocycles. The number of nitrogens with one attached hydrogen (secondary N) is 2. The van der Waals surface area contributed by atoms with Crippen molar-refractivity contribution in [1.82, 2.24) is 20.5 Å². The number of aromatic amines is 1. The third-order valence-electron chi connectivity index (χ3n) is 1.92. The summed E-state index contributed by atoms with van der Waals surface area (Å²) in [4.78, 5) is 15.4. The van der Waals surface area contributed by atoms with E-state index in [-0.39, 0.29) is 5.91 Å². The lowest BCUT2D eigenvalue weighted by Gasteiger charge is -2.02. The number of carbonyl (C=O) groups is 1. The Morgan fingerprint density at radius 1 is 1.40 bits per heavy atom. The molecule has 0 bridgehead atoms. The van der Waals surface area contributed by atoms with Crippen molar-refractivity contribution in [3.8, 4) is 0 Å². The molecule has 0 aliphatic carbocycles. The van der Waals surface area contributed by atoms with Crippen molar-refractivity contribution in [2.75, 3.05) is 0 Å². The average molecular weight is 202 g/mol. The van der Waals surface area contributed by atoms with Crippen LogP contribution in [0, 0.1) is 0 Å². The Hall–Kier alpha value is -2.17. The van der Waals surface area contributed by atoms with Gasteiger partial charge in [0.1, 0.15) is 0 Å². The van der Waals surface area contributed by atoms with Crippen molar-refractivity contribution in [2.45, 2.75) is 6.54 Å². The molecule has 5 nitrogen and oxygen atoms in total. The summed E-state index contributed by atoms with van der Waals surface area (Å²) >= 11 is 0. The summed E-state index contributed by atoms with van der Waals surface area (Å²) < 4.78 is 0. The van der Waals surface area contributed by atoms with Crippen molar-refractivity contribution in [2.24, 2.45) is 0 Å². The van der Waals surface area contributed by atoms with Crippen LogP contribution < -0.4 is 5.32 Å². The van der Waals surface area contributed by atoms with E-state index in [4.69, 9.17) is 0 Å². The number of hydrogen-bond donors (Lipinski definition) is 2. The minimum absolute atomic E-state index is 0.141. The van der Waals surface area contributed by atoms with Crippen LogP contribution in [0.4, 0.5) is 0 Å². The summed E-state index contributed by atoms with van der Waals surface area (Å²) in [5.74, 6) is -0.141. The SMILES string of the molecule is O=C(NCc1ccn[nH]1)c1cccnc1. The van der Waals surface area contributed by atoms with Crippen molar-refractivity contribution in [3.63, 3.8) is 0 Å². The van der Waals surface area contributed by atoms with Gasteiger partial charge in [-0.1, -0.05) is 0 Å². The molecule has 0 saturated carbocycles. The molecule has 0 unspecified atom stereocenters. The predicted octanol–water partition coefficient (Wildman–Crippen LogP) is 0.735. The smallest absolute Gasteiger partial charge is 0.253 e. The zero-order chi connectivity index (χ0) is 10.5. The molecule has 0 aliphatic heterocycles. The molecule has 15 heavy (non-hydrogen) atoms. The number of aromatic nitrogens is 3. The van der Waals surface area contributed by atoms with Gasteiger partial charge in [0, 0.05) is 18.6 Å². The van der Waals surface area contributed by atoms with Gasteiger partial charge in [-0.3, -0.25) is 14.9 Å². The molecule has 0 aliphatic rings. The fourth-order valence-electron chi connectivity index (χ4n) is 1.16. The first kappa shape index (κ1) is 9.39. The van der Waals surface area contributed by atoms with Gasteiger partial charge in [0.05, 0.1) is 17.8 Å². The van der Waals surface area contributed by atoms with Crippen LogP contribution in [0.3, 0.4) is 0 Å². The first-order valence-electron chi connectivity index (χ1n) is 4.53. The molecular formula is C10H10N4O. The van der Waals surface area contributed by atoms with E-state index in [0.29, 0.717) is 12.1 Å². The van der Waals surface area contributed by atoms with E-state index in [1.165, 1.54) is 6.20 Å². The zero-order valence-electron chi connectivity index (χ0n) is 7.97. The second kappa shape index (κ2) is 4.36. The first-order chi connectivity index (χ1) is 7.36.